The van der Waals surface area contributed by atoms with Gasteiger partial charge in [0, 0.05) is 36.1 Å². The molecule has 0 aliphatic heterocycles. The fourth-order valence-corrected chi connectivity index (χ4v) is 2.97. The van der Waals surface area contributed by atoms with Crippen LogP contribution in [0.1, 0.15) is 0 Å². The van der Waals surface area contributed by atoms with Crippen LogP contribution in [0.4, 0.5) is 0 Å². The Morgan fingerprint density at radius 3 is 2.76 bits per heavy atom. The molecule has 6 heteroatoms. The Bertz CT molecular complexity index is 1070. The Kier molecular flexibility index (Phi) is 3.86. The van der Waals surface area contributed by atoms with E-state index in [1.807, 2.05) is 55.8 Å². The second-order valence-electron chi connectivity index (χ2n) is 5.69. The highest BCUT2D eigenvalue weighted by atomic mass is 35.5. The molecule has 0 saturated carbocycles. The molecule has 0 bridgehead atoms. The van der Waals surface area contributed by atoms with Crippen molar-refractivity contribution in [2.75, 3.05) is 7.11 Å². The zero-order valence-electron chi connectivity index (χ0n) is 13.8. The fourth-order valence-electron chi connectivity index (χ4n) is 2.81. The Hall–Kier alpha value is -2.92. The maximum atomic E-state index is 6.01. The van der Waals surface area contributed by atoms with Gasteiger partial charge < -0.3 is 4.74 Å². The molecule has 25 heavy (non-hydrogen) atoms. The lowest BCUT2D eigenvalue weighted by atomic mass is 10.0. The molecule has 5 nitrogen and oxygen atoms in total. The van der Waals surface area contributed by atoms with E-state index in [1.54, 1.807) is 17.9 Å². The monoisotopic (exact) mass is 350 g/mol. The van der Waals surface area contributed by atoms with Crippen molar-refractivity contribution >= 4 is 22.6 Å². The maximum absolute atomic E-state index is 6.01. The van der Waals surface area contributed by atoms with Gasteiger partial charge in [-0.3, -0.25) is 9.67 Å². The van der Waals surface area contributed by atoms with Crippen molar-refractivity contribution in [3.8, 4) is 28.1 Å². The van der Waals surface area contributed by atoms with Crippen molar-refractivity contribution in [1.82, 2.24) is 19.7 Å². The average Bonchev–Trinajstić information content (AvgIpc) is 3.03. The second-order valence-corrected chi connectivity index (χ2v) is 6.08. The normalized spacial score (nSPS) is 11.0. The summed E-state index contributed by atoms with van der Waals surface area (Å²) in [5.74, 6) is 0.791. The molecule has 3 heterocycles. The number of hydrogen-bond acceptors (Lipinski definition) is 4. The highest BCUT2D eigenvalue weighted by Crippen LogP contribution is 2.33. The van der Waals surface area contributed by atoms with Crippen molar-refractivity contribution in [1.29, 1.82) is 0 Å². The number of ether oxygens (including phenoxy) is 1. The molecule has 4 rings (SSSR count). The van der Waals surface area contributed by atoms with E-state index >= 15 is 0 Å². The highest BCUT2D eigenvalue weighted by Gasteiger charge is 2.14. The van der Waals surface area contributed by atoms with E-state index in [4.69, 9.17) is 16.3 Å². The zero-order chi connectivity index (χ0) is 17.4. The van der Waals surface area contributed by atoms with Gasteiger partial charge in [0.15, 0.2) is 0 Å². The third kappa shape index (κ3) is 2.94. The zero-order valence-corrected chi connectivity index (χ0v) is 14.5. The lowest BCUT2D eigenvalue weighted by Crippen LogP contribution is -1.89. The molecular weight excluding hydrogens is 336 g/mol. The van der Waals surface area contributed by atoms with E-state index in [1.165, 1.54) is 0 Å². The van der Waals surface area contributed by atoms with Crippen LogP contribution < -0.4 is 4.74 Å². The lowest BCUT2D eigenvalue weighted by molar-refractivity contribution is 0.415. The first-order valence-corrected chi connectivity index (χ1v) is 8.12. The maximum Gasteiger partial charge on any atom is 0.129 e. The van der Waals surface area contributed by atoms with E-state index in [2.05, 4.69) is 15.1 Å². The molecule has 0 aliphatic carbocycles. The third-order valence-corrected chi connectivity index (χ3v) is 4.20. The first kappa shape index (κ1) is 15.6. The molecule has 0 N–H and O–H groups in total. The number of benzene rings is 1. The summed E-state index contributed by atoms with van der Waals surface area (Å²) in [5, 5.41) is 5.07. The smallest absolute Gasteiger partial charge is 0.129 e. The minimum absolute atomic E-state index is 0.450. The van der Waals surface area contributed by atoms with Crippen LogP contribution in [0.3, 0.4) is 0 Å². The molecule has 3 aromatic heterocycles. The standard InChI is InChI=1S/C19H15ClN4O/c1-24-11-15(19(23-24)12-4-3-5-14(8-12)25-2)13-9-17-16(21-10-13)6-7-18(20)22-17/h3-11H,1-2H3. The van der Waals surface area contributed by atoms with E-state index in [9.17, 15) is 0 Å². The summed E-state index contributed by atoms with van der Waals surface area (Å²) in [6.45, 7) is 0. The number of fused-ring (bicyclic) bond motifs is 1. The number of halogens is 1. The Labute approximate surface area is 149 Å². The van der Waals surface area contributed by atoms with E-state index < -0.39 is 0 Å². The van der Waals surface area contributed by atoms with E-state index in [0.29, 0.717) is 5.15 Å². The van der Waals surface area contributed by atoms with Gasteiger partial charge in [-0.05, 0) is 30.3 Å². The average molecular weight is 351 g/mol. The molecule has 0 spiro atoms. The summed E-state index contributed by atoms with van der Waals surface area (Å²) in [5.41, 5.74) is 5.32. The fraction of sp³-hybridized carbons (Fsp3) is 0.105. The van der Waals surface area contributed by atoms with Crippen LogP contribution in [0.2, 0.25) is 5.15 Å². The van der Waals surface area contributed by atoms with Gasteiger partial charge in [-0.1, -0.05) is 23.7 Å². The number of aryl methyl sites for hydroxylation is 1. The number of rotatable bonds is 3. The molecular formula is C19H15ClN4O. The van der Waals surface area contributed by atoms with E-state index in [-0.39, 0.29) is 0 Å². The molecule has 0 amide bonds. The third-order valence-electron chi connectivity index (χ3n) is 3.99. The molecule has 0 unspecified atom stereocenters. The van der Waals surface area contributed by atoms with Gasteiger partial charge in [0.1, 0.15) is 16.6 Å². The van der Waals surface area contributed by atoms with Crippen molar-refractivity contribution in [3.63, 3.8) is 0 Å². The van der Waals surface area contributed by atoms with Crippen LogP contribution in [0, 0.1) is 0 Å². The number of hydrogen-bond donors (Lipinski definition) is 0. The number of nitrogens with zero attached hydrogens (tertiary/aromatic N) is 4. The van der Waals surface area contributed by atoms with Crippen LogP contribution >= 0.6 is 11.6 Å². The minimum Gasteiger partial charge on any atom is -0.497 e. The van der Waals surface area contributed by atoms with Crippen LogP contribution in [0.25, 0.3) is 33.4 Å². The van der Waals surface area contributed by atoms with E-state index in [0.717, 1.165) is 39.2 Å². The van der Waals surface area contributed by atoms with Gasteiger partial charge in [-0.25, -0.2) is 4.98 Å². The largest absolute Gasteiger partial charge is 0.497 e. The second kappa shape index (κ2) is 6.18. The summed E-state index contributed by atoms with van der Waals surface area (Å²) in [4.78, 5) is 8.85. The van der Waals surface area contributed by atoms with Crippen LogP contribution in [0.5, 0.6) is 5.75 Å². The topological polar surface area (TPSA) is 52.8 Å². The molecule has 0 fully saturated rings. The van der Waals surface area contributed by atoms with Gasteiger partial charge >= 0.3 is 0 Å². The first-order chi connectivity index (χ1) is 12.1. The van der Waals surface area contributed by atoms with Gasteiger partial charge in [0.2, 0.25) is 0 Å². The summed E-state index contributed by atoms with van der Waals surface area (Å²) >= 11 is 6.01. The predicted molar refractivity (Wildman–Crippen MR) is 98.7 cm³/mol. The van der Waals surface area contributed by atoms with Crippen molar-refractivity contribution in [2.24, 2.45) is 7.05 Å². The SMILES string of the molecule is COc1cccc(-c2nn(C)cc2-c2cnc3ccc(Cl)nc3c2)c1. The lowest BCUT2D eigenvalue weighted by Gasteiger charge is -2.06. The van der Waals surface area contributed by atoms with Gasteiger partial charge in [-0.15, -0.1) is 0 Å². The Morgan fingerprint density at radius 1 is 1.04 bits per heavy atom. The van der Waals surface area contributed by atoms with Crippen molar-refractivity contribution in [2.45, 2.75) is 0 Å². The molecule has 0 radical (unpaired) electrons. The van der Waals surface area contributed by atoms with Gasteiger partial charge in [0.05, 0.1) is 18.1 Å². The molecule has 0 aliphatic rings. The summed E-state index contributed by atoms with van der Waals surface area (Å²) in [7, 11) is 3.55. The molecule has 4 aromatic rings. The highest BCUT2D eigenvalue weighted by molar-refractivity contribution is 6.29. The minimum atomic E-state index is 0.450. The quantitative estimate of drug-likeness (QED) is 0.515. The van der Waals surface area contributed by atoms with Gasteiger partial charge in [-0.2, -0.15) is 5.10 Å². The predicted octanol–water partition coefficient (Wildman–Crippen LogP) is 4.36. The van der Waals surface area contributed by atoms with Crippen LogP contribution in [-0.2, 0) is 7.05 Å². The summed E-state index contributed by atoms with van der Waals surface area (Å²) in [6, 6.07) is 13.4. The van der Waals surface area contributed by atoms with Crippen molar-refractivity contribution < 1.29 is 4.74 Å². The number of methoxy groups -OCH3 is 1. The number of pyridine rings is 2. The molecule has 1 aromatic carbocycles. The molecule has 0 saturated heterocycles. The number of aromatic nitrogens is 4. The molecule has 0 atom stereocenters. The molecule has 124 valence electrons. The van der Waals surface area contributed by atoms with Crippen LogP contribution in [0.15, 0.2) is 54.9 Å². The van der Waals surface area contributed by atoms with Gasteiger partial charge in [0.25, 0.3) is 0 Å². The van der Waals surface area contributed by atoms with Crippen molar-refractivity contribution in [3.05, 3.63) is 60.0 Å². The Balaban J connectivity index is 1.88. The van der Waals surface area contributed by atoms with Crippen LogP contribution in [-0.4, -0.2) is 26.9 Å². The summed E-state index contributed by atoms with van der Waals surface area (Å²) in [6.07, 6.45) is 3.81. The first-order valence-electron chi connectivity index (χ1n) is 7.75. The Morgan fingerprint density at radius 2 is 1.92 bits per heavy atom. The summed E-state index contributed by atoms with van der Waals surface area (Å²) < 4.78 is 7.12.